The zero-order chi connectivity index (χ0) is 26.7. The van der Waals surface area contributed by atoms with Crippen molar-refractivity contribution in [1.82, 2.24) is 15.2 Å². The molecule has 3 N–H and O–H groups in total. The molecular formula is C27H28F4N4O2. The Balaban J connectivity index is 1.72. The molecule has 6 nitrogen and oxygen atoms in total. The van der Waals surface area contributed by atoms with Crippen LogP contribution in [-0.4, -0.2) is 49.5 Å². The summed E-state index contributed by atoms with van der Waals surface area (Å²) in [7, 11) is 3.71. The van der Waals surface area contributed by atoms with Gasteiger partial charge in [-0.25, -0.2) is 18.2 Å². The van der Waals surface area contributed by atoms with Gasteiger partial charge in [-0.3, -0.25) is 4.79 Å². The number of benzene rings is 2. The summed E-state index contributed by atoms with van der Waals surface area (Å²) >= 11 is 0. The van der Waals surface area contributed by atoms with Gasteiger partial charge in [0.25, 0.3) is 5.91 Å². The molecule has 0 radical (unpaired) electrons. The molecule has 196 valence electrons. The van der Waals surface area contributed by atoms with Gasteiger partial charge in [0.2, 0.25) is 12.4 Å². The van der Waals surface area contributed by atoms with Crippen LogP contribution >= 0.6 is 0 Å². The molecule has 0 spiro atoms. The molecule has 0 fully saturated rings. The number of nitrogens with one attached hydrogen (secondary N) is 1. The number of hydrogen-bond donors (Lipinski definition) is 2. The van der Waals surface area contributed by atoms with E-state index in [0.29, 0.717) is 36.4 Å². The molecule has 2 aromatic carbocycles. The Morgan fingerprint density at radius 2 is 1.86 bits per heavy atom. The fourth-order valence-electron chi connectivity index (χ4n) is 4.34. The number of ether oxygens (including phenoxy) is 1. The molecule has 3 aromatic rings. The summed E-state index contributed by atoms with van der Waals surface area (Å²) in [6.07, 6.45) is -1.91. The highest BCUT2D eigenvalue weighted by Gasteiger charge is 2.23. The van der Waals surface area contributed by atoms with E-state index in [1.54, 1.807) is 24.3 Å². The number of alkyl halides is 2. The van der Waals surface area contributed by atoms with Crippen LogP contribution in [0.5, 0.6) is 5.75 Å². The van der Waals surface area contributed by atoms with Gasteiger partial charge < -0.3 is 20.7 Å². The van der Waals surface area contributed by atoms with E-state index in [1.165, 1.54) is 6.07 Å². The molecule has 0 atom stereocenters. The summed E-state index contributed by atoms with van der Waals surface area (Å²) in [6.45, 7) is 1.02. The second-order valence-corrected chi connectivity index (χ2v) is 9.20. The smallest absolute Gasteiger partial charge is 0.251 e. The topological polar surface area (TPSA) is 80.5 Å². The van der Waals surface area contributed by atoms with E-state index >= 15 is 8.78 Å². The lowest BCUT2D eigenvalue weighted by atomic mass is 9.93. The van der Waals surface area contributed by atoms with Crippen molar-refractivity contribution in [3.8, 4) is 28.0 Å². The predicted octanol–water partition coefficient (Wildman–Crippen LogP) is 5.05. The van der Waals surface area contributed by atoms with Gasteiger partial charge in [-0.1, -0.05) is 6.07 Å². The average Bonchev–Trinajstić information content (AvgIpc) is 2.83. The summed E-state index contributed by atoms with van der Waals surface area (Å²) in [5.41, 5.74) is 8.60. The third kappa shape index (κ3) is 6.02. The van der Waals surface area contributed by atoms with E-state index in [0.717, 1.165) is 11.6 Å². The van der Waals surface area contributed by atoms with Crippen LogP contribution in [0.1, 0.15) is 34.3 Å². The van der Waals surface area contributed by atoms with Gasteiger partial charge in [-0.05, 0) is 68.4 Å². The number of pyridine rings is 1. The standard InChI is InChI=1S/C27H28F4N4O2/c1-35(2)14-17-10-15(5-6-23(17)37-9-3-4-24(29)30)18-12-21(26(32)34-25(18)31)20-11-16-7-8-33-27(36)19(16)13-22(20)28/h5-6,10-13,24H,3-4,7-9,14H2,1-2H3,(H2,32,34)(H,33,36). The summed E-state index contributed by atoms with van der Waals surface area (Å²) in [5.74, 6) is -1.49. The van der Waals surface area contributed by atoms with Crippen molar-refractivity contribution >= 4 is 11.7 Å². The maximum Gasteiger partial charge on any atom is 0.251 e. The minimum Gasteiger partial charge on any atom is -0.493 e. The minimum atomic E-state index is -2.39. The molecular weight excluding hydrogens is 488 g/mol. The zero-order valence-corrected chi connectivity index (χ0v) is 20.6. The number of halogens is 4. The third-order valence-corrected chi connectivity index (χ3v) is 6.10. The minimum absolute atomic E-state index is 0.114. The third-order valence-electron chi connectivity index (χ3n) is 6.10. The van der Waals surface area contributed by atoms with Crippen LogP contribution in [0.15, 0.2) is 36.4 Å². The highest BCUT2D eigenvalue weighted by Crippen LogP contribution is 2.36. The molecule has 1 aliphatic heterocycles. The van der Waals surface area contributed by atoms with Gasteiger partial charge >= 0.3 is 0 Å². The number of carbonyl (C=O) groups excluding carboxylic acids is 1. The number of carbonyl (C=O) groups is 1. The van der Waals surface area contributed by atoms with E-state index in [4.69, 9.17) is 10.5 Å². The van der Waals surface area contributed by atoms with E-state index in [2.05, 4.69) is 10.3 Å². The van der Waals surface area contributed by atoms with Crippen LogP contribution in [-0.2, 0) is 13.0 Å². The van der Waals surface area contributed by atoms with Crippen LogP contribution in [0, 0.1) is 11.8 Å². The maximum atomic E-state index is 15.1. The van der Waals surface area contributed by atoms with Crippen LogP contribution in [0.2, 0.25) is 0 Å². The number of nitrogens with zero attached hydrogens (tertiary/aromatic N) is 2. The monoisotopic (exact) mass is 516 g/mol. The quantitative estimate of drug-likeness (QED) is 0.237. The molecule has 10 heteroatoms. The number of aromatic nitrogens is 1. The molecule has 4 rings (SSSR count). The van der Waals surface area contributed by atoms with Crippen molar-refractivity contribution in [1.29, 1.82) is 0 Å². The van der Waals surface area contributed by atoms with Crippen molar-refractivity contribution in [3.05, 3.63) is 64.9 Å². The number of amides is 1. The molecule has 37 heavy (non-hydrogen) atoms. The largest absolute Gasteiger partial charge is 0.493 e. The summed E-state index contributed by atoms with van der Waals surface area (Å²) in [4.78, 5) is 17.8. The first kappa shape index (κ1) is 26.4. The Bertz CT molecular complexity index is 1310. The lowest BCUT2D eigenvalue weighted by molar-refractivity contribution is 0.0945. The normalized spacial score (nSPS) is 13.1. The van der Waals surface area contributed by atoms with Crippen molar-refractivity contribution in [2.75, 3.05) is 33.0 Å². The van der Waals surface area contributed by atoms with E-state index in [1.807, 2.05) is 19.0 Å². The molecule has 1 aliphatic rings. The lowest BCUT2D eigenvalue weighted by Crippen LogP contribution is -2.32. The number of hydrogen-bond acceptors (Lipinski definition) is 5. The highest BCUT2D eigenvalue weighted by molar-refractivity contribution is 5.97. The van der Waals surface area contributed by atoms with Gasteiger partial charge in [0.05, 0.1) is 6.61 Å². The van der Waals surface area contributed by atoms with Gasteiger partial charge in [-0.2, -0.15) is 4.39 Å². The van der Waals surface area contributed by atoms with E-state index in [9.17, 15) is 13.6 Å². The summed E-state index contributed by atoms with van der Waals surface area (Å²) < 4.78 is 60.7. The Kier molecular flexibility index (Phi) is 7.97. The second kappa shape index (κ2) is 11.2. The Labute approximate surface area is 212 Å². The Morgan fingerprint density at radius 3 is 2.59 bits per heavy atom. The van der Waals surface area contributed by atoms with Crippen LogP contribution in [0.4, 0.5) is 23.4 Å². The van der Waals surface area contributed by atoms with Crippen LogP contribution in [0.3, 0.4) is 0 Å². The van der Waals surface area contributed by atoms with Crippen molar-refractivity contribution < 1.29 is 27.1 Å². The van der Waals surface area contributed by atoms with Crippen LogP contribution in [0.25, 0.3) is 22.3 Å². The van der Waals surface area contributed by atoms with Crippen molar-refractivity contribution in [2.45, 2.75) is 32.2 Å². The SMILES string of the molecule is CN(C)Cc1cc(-c2cc(-c3cc4c(cc3F)C(=O)NCC4)c(N)nc2F)ccc1OCCCC(F)F. The average molecular weight is 517 g/mol. The first-order valence-electron chi connectivity index (χ1n) is 11.9. The van der Waals surface area contributed by atoms with Gasteiger partial charge in [-0.15, -0.1) is 0 Å². The number of anilines is 1. The van der Waals surface area contributed by atoms with Crippen LogP contribution < -0.4 is 15.8 Å². The first-order valence-corrected chi connectivity index (χ1v) is 11.9. The molecule has 0 unspecified atom stereocenters. The summed E-state index contributed by atoms with van der Waals surface area (Å²) in [5, 5.41) is 2.68. The predicted molar refractivity (Wildman–Crippen MR) is 134 cm³/mol. The molecule has 2 heterocycles. The summed E-state index contributed by atoms with van der Waals surface area (Å²) in [6, 6.07) is 9.20. The van der Waals surface area contributed by atoms with Crippen molar-refractivity contribution in [3.63, 3.8) is 0 Å². The molecule has 0 saturated heterocycles. The van der Waals surface area contributed by atoms with Gasteiger partial charge in [0.1, 0.15) is 17.4 Å². The van der Waals surface area contributed by atoms with Gasteiger partial charge in [0.15, 0.2) is 0 Å². The second-order valence-electron chi connectivity index (χ2n) is 9.20. The molecule has 0 bridgehead atoms. The maximum absolute atomic E-state index is 15.1. The fourth-order valence-corrected chi connectivity index (χ4v) is 4.34. The van der Waals surface area contributed by atoms with E-state index in [-0.39, 0.29) is 53.4 Å². The first-order chi connectivity index (χ1) is 17.6. The lowest BCUT2D eigenvalue weighted by Gasteiger charge is -2.19. The molecule has 1 aromatic heterocycles. The fraction of sp³-hybridized carbons (Fsp3) is 0.333. The van der Waals surface area contributed by atoms with Crippen molar-refractivity contribution in [2.24, 2.45) is 0 Å². The molecule has 0 saturated carbocycles. The number of fused-ring (bicyclic) bond motifs is 1. The van der Waals surface area contributed by atoms with E-state index < -0.39 is 18.2 Å². The number of nitrogen functional groups attached to an aromatic ring is 1. The Morgan fingerprint density at radius 1 is 1.08 bits per heavy atom. The number of nitrogens with two attached hydrogens (primary N) is 1. The molecule has 1 amide bonds. The molecule has 0 aliphatic carbocycles. The Hall–Kier alpha value is -3.66. The highest BCUT2D eigenvalue weighted by atomic mass is 19.3. The van der Waals surface area contributed by atoms with Gasteiger partial charge in [0, 0.05) is 47.3 Å². The number of rotatable bonds is 9. The zero-order valence-electron chi connectivity index (χ0n) is 20.6.